The Morgan fingerprint density at radius 1 is 1.05 bits per heavy atom. The zero-order valence-corrected chi connectivity index (χ0v) is 24.7. The minimum atomic E-state index is 0.213. The molecule has 2 aromatic heterocycles. The molecule has 37 heavy (non-hydrogen) atoms. The van der Waals surface area contributed by atoms with Gasteiger partial charge in [-0.25, -0.2) is 9.83 Å². The largest absolute Gasteiger partial charge is 0.305 e. The van der Waals surface area contributed by atoms with E-state index in [1.165, 1.54) is 18.4 Å². The molecule has 0 bridgehead atoms. The van der Waals surface area contributed by atoms with Crippen LogP contribution in [-0.4, -0.2) is 33.6 Å². The van der Waals surface area contributed by atoms with Crippen molar-refractivity contribution in [1.29, 1.82) is 0 Å². The van der Waals surface area contributed by atoms with Crippen molar-refractivity contribution in [3.8, 4) is 11.4 Å². The molecule has 2 atom stereocenters. The molecule has 1 N–H and O–H groups in total. The van der Waals surface area contributed by atoms with Gasteiger partial charge < -0.3 is 4.90 Å². The van der Waals surface area contributed by atoms with Gasteiger partial charge in [-0.2, -0.15) is 0 Å². The van der Waals surface area contributed by atoms with Crippen LogP contribution in [0.25, 0.3) is 21.9 Å². The second-order valence-electron chi connectivity index (χ2n) is 14.1. The predicted molar refractivity (Wildman–Crippen MR) is 155 cm³/mol. The lowest BCUT2D eigenvalue weighted by Gasteiger charge is -2.51. The van der Waals surface area contributed by atoms with Gasteiger partial charge in [-0.05, 0) is 80.3 Å². The first-order valence-electron chi connectivity index (χ1n) is 13.9. The number of aromatic nitrogens is 3. The fraction of sp³-hybridized carbons (Fsp3) is 0.625. The number of hydrogen-bond donors (Lipinski definition) is 1. The standard InChI is InChI=1S/C32H47N5/c1-20-16-25(31(3,4)5)23(26(17-20)32(6,7)8)18-24-28(33-9)27(19-36(10)11)37-30(24)34-29(35-37)22-15-13-12-14-21(22)2/h12-15,20,23,25-26H,16-19H2,1-8,10-11H3,(H,34,35). The lowest BCUT2D eigenvalue weighted by atomic mass is 9.54. The number of aryl methyl sites for hydroxylation is 1. The highest BCUT2D eigenvalue weighted by atomic mass is 15.3. The average molecular weight is 502 g/mol. The zero-order chi connectivity index (χ0) is 27.3. The molecule has 2 heterocycles. The Labute approximate surface area is 224 Å². The second kappa shape index (κ2) is 9.95. The molecule has 0 aliphatic heterocycles. The van der Waals surface area contributed by atoms with Gasteiger partial charge in [0.15, 0.2) is 5.82 Å². The molecule has 0 radical (unpaired) electrons. The Kier molecular flexibility index (Phi) is 7.38. The summed E-state index contributed by atoms with van der Waals surface area (Å²) in [6.45, 7) is 28.0. The van der Waals surface area contributed by atoms with E-state index in [-0.39, 0.29) is 10.8 Å². The Hall–Kier alpha value is -2.58. The number of hydrogen-bond acceptors (Lipinski definition) is 2. The average Bonchev–Trinajstić information content (AvgIpc) is 3.31. The van der Waals surface area contributed by atoms with Gasteiger partial charge in [0.25, 0.3) is 0 Å². The molecule has 3 aromatic rings. The van der Waals surface area contributed by atoms with Crippen molar-refractivity contribution < 1.29 is 0 Å². The molecule has 4 rings (SSSR count). The summed E-state index contributed by atoms with van der Waals surface area (Å²) < 4.78 is 2.11. The van der Waals surface area contributed by atoms with E-state index in [4.69, 9.17) is 11.6 Å². The van der Waals surface area contributed by atoms with Gasteiger partial charge in [-0.3, -0.25) is 9.61 Å². The van der Waals surface area contributed by atoms with E-state index in [2.05, 4.69) is 113 Å². The lowest BCUT2D eigenvalue weighted by molar-refractivity contribution is -0.0136. The van der Waals surface area contributed by atoms with Crippen LogP contribution in [0.4, 0.5) is 5.69 Å². The van der Waals surface area contributed by atoms with E-state index in [9.17, 15) is 0 Å². The number of fused-ring (bicyclic) bond motifs is 1. The third-order valence-electron chi connectivity index (χ3n) is 8.74. The molecule has 0 amide bonds. The van der Waals surface area contributed by atoms with Crippen LogP contribution in [-0.2, 0) is 13.0 Å². The maximum atomic E-state index is 8.24. The van der Waals surface area contributed by atoms with Crippen molar-refractivity contribution in [2.24, 2.45) is 34.5 Å². The summed E-state index contributed by atoms with van der Waals surface area (Å²) in [5.41, 5.74) is 6.61. The van der Waals surface area contributed by atoms with Crippen LogP contribution in [0.2, 0.25) is 0 Å². The maximum Gasteiger partial charge on any atom is 0.216 e. The van der Waals surface area contributed by atoms with Gasteiger partial charge in [-0.1, -0.05) is 72.7 Å². The van der Waals surface area contributed by atoms with Crippen LogP contribution in [0.1, 0.15) is 78.1 Å². The van der Waals surface area contributed by atoms with Gasteiger partial charge in [0, 0.05) is 17.7 Å². The molecule has 1 aliphatic rings. The first kappa shape index (κ1) is 27.5. The number of rotatable bonds is 5. The number of H-pyrrole nitrogens is 1. The maximum absolute atomic E-state index is 8.24. The summed E-state index contributed by atoms with van der Waals surface area (Å²) in [7, 11) is 4.14. The van der Waals surface area contributed by atoms with Crippen molar-refractivity contribution >= 4 is 11.3 Å². The van der Waals surface area contributed by atoms with Crippen molar-refractivity contribution in [3.63, 3.8) is 0 Å². The lowest BCUT2D eigenvalue weighted by Crippen LogP contribution is -2.44. The smallest absolute Gasteiger partial charge is 0.216 e. The van der Waals surface area contributed by atoms with E-state index in [1.54, 1.807) is 0 Å². The van der Waals surface area contributed by atoms with Crippen LogP contribution < -0.4 is 0 Å². The highest BCUT2D eigenvalue weighted by molar-refractivity contribution is 5.73. The summed E-state index contributed by atoms with van der Waals surface area (Å²) in [6, 6.07) is 8.39. The number of nitrogens with zero attached hydrogens (tertiary/aromatic N) is 4. The third kappa shape index (κ3) is 5.36. The van der Waals surface area contributed by atoms with Gasteiger partial charge in [0.1, 0.15) is 5.65 Å². The highest BCUT2D eigenvalue weighted by Gasteiger charge is 2.46. The number of nitrogens with one attached hydrogen (secondary N) is 1. The molecule has 1 saturated carbocycles. The van der Waals surface area contributed by atoms with Crippen molar-refractivity contribution in [2.45, 2.75) is 81.2 Å². The topological polar surface area (TPSA) is 40.7 Å². The van der Waals surface area contributed by atoms with Gasteiger partial charge in [-0.15, -0.1) is 0 Å². The molecular weight excluding hydrogens is 454 g/mol. The van der Waals surface area contributed by atoms with Gasteiger partial charge in [0.2, 0.25) is 5.69 Å². The van der Waals surface area contributed by atoms with Crippen LogP contribution in [0, 0.1) is 48.0 Å². The molecule has 1 aliphatic carbocycles. The molecule has 2 unspecified atom stereocenters. The summed E-state index contributed by atoms with van der Waals surface area (Å²) >= 11 is 0. The van der Waals surface area contributed by atoms with E-state index < -0.39 is 0 Å². The Balaban J connectivity index is 1.91. The molecular formula is C32H47N5. The van der Waals surface area contributed by atoms with Crippen molar-refractivity contribution in [2.75, 3.05) is 14.1 Å². The molecule has 5 heteroatoms. The minimum absolute atomic E-state index is 0.213. The first-order valence-corrected chi connectivity index (χ1v) is 13.9. The highest BCUT2D eigenvalue weighted by Crippen LogP contribution is 2.54. The van der Waals surface area contributed by atoms with Gasteiger partial charge in [0.05, 0.1) is 12.3 Å². The van der Waals surface area contributed by atoms with E-state index in [0.717, 1.165) is 46.3 Å². The molecule has 1 fully saturated rings. The van der Waals surface area contributed by atoms with Crippen LogP contribution in [0.3, 0.4) is 0 Å². The monoisotopic (exact) mass is 501 g/mol. The van der Waals surface area contributed by atoms with Crippen molar-refractivity contribution in [1.82, 2.24) is 19.5 Å². The fourth-order valence-electron chi connectivity index (χ4n) is 6.95. The summed E-state index contributed by atoms with van der Waals surface area (Å²) in [5, 5.41) is 3.58. The quantitative estimate of drug-likeness (QED) is 0.358. The second-order valence-corrected chi connectivity index (χ2v) is 14.1. The van der Waals surface area contributed by atoms with Gasteiger partial charge >= 0.3 is 0 Å². The number of aromatic amines is 1. The van der Waals surface area contributed by atoms with E-state index >= 15 is 0 Å². The summed E-state index contributed by atoms with van der Waals surface area (Å²) in [5.74, 6) is 3.31. The Morgan fingerprint density at radius 3 is 2.16 bits per heavy atom. The normalized spacial score (nSPS) is 23.1. The van der Waals surface area contributed by atoms with Crippen LogP contribution >= 0.6 is 0 Å². The number of benzene rings is 1. The molecule has 0 spiro atoms. The zero-order valence-electron chi connectivity index (χ0n) is 24.7. The summed E-state index contributed by atoms with van der Waals surface area (Å²) in [6.07, 6.45) is 3.42. The molecule has 1 aromatic carbocycles. The van der Waals surface area contributed by atoms with E-state index in [0.29, 0.717) is 24.3 Å². The minimum Gasteiger partial charge on any atom is -0.305 e. The first-order chi connectivity index (χ1) is 17.2. The van der Waals surface area contributed by atoms with Crippen LogP contribution in [0.5, 0.6) is 0 Å². The molecule has 0 saturated heterocycles. The van der Waals surface area contributed by atoms with E-state index in [1.807, 2.05) is 0 Å². The molecule has 200 valence electrons. The molecule has 5 nitrogen and oxygen atoms in total. The third-order valence-corrected chi connectivity index (χ3v) is 8.74. The Bertz CT molecular complexity index is 1260. The summed E-state index contributed by atoms with van der Waals surface area (Å²) in [4.78, 5) is 11.5. The SMILES string of the molecule is [C-]#[N+]c1c(CC2C(C(C)(C)C)CC(C)CC2C(C)(C)C)c2nc(-c3ccccc3C)[nH]n2c1CN(C)C. The van der Waals surface area contributed by atoms with Crippen LogP contribution in [0.15, 0.2) is 24.3 Å². The predicted octanol–water partition coefficient (Wildman–Crippen LogP) is 8.16. The Morgan fingerprint density at radius 2 is 1.65 bits per heavy atom. The fourth-order valence-corrected chi connectivity index (χ4v) is 6.95. The van der Waals surface area contributed by atoms with Crippen molar-refractivity contribution in [3.05, 3.63) is 52.5 Å².